The molecule has 0 fully saturated rings. The first kappa shape index (κ1) is 15.3. The SMILES string of the molecule is O=C(c1ccccc1)C(O)Nc1cc(Cl)c2cccnc2c1O. The Kier molecular flexibility index (Phi) is 4.14. The van der Waals surface area contributed by atoms with Gasteiger partial charge in [0, 0.05) is 17.1 Å². The topological polar surface area (TPSA) is 82.5 Å². The molecule has 0 saturated heterocycles. The van der Waals surface area contributed by atoms with Gasteiger partial charge in [0.15, 0.2) is 12.0 Å². The Labute approximate surface area is 137 Å². The van der Waals surface area contributed by atoms with E-state index in [4.69, 9.17) is 11.6 Å². The fourth-order valence-electron chi connectivity index (χ4n) is 2.27. The van der Waals surface area contributed by atoms with Gasteiger partial charge < -0.3 is 15.5 Å². The van der Waals surface area contributed by atoms with Crippen molar-refractivity contribution in [1.29, 1.82) is 0 Å². The molecule has 0 amide bonds. The van der Waals surface area contributed by atoms with Crippen molar-refractivity contribution < 1.29 is 15.0 Å². The zero-order valence-electron chi connectivity index (χ0n) is 11.9. The molecule has 0 aliphatic rings. The first-order valence-electron chi connectivity index (χ1n) is 6.88. The third-order valence-electron chi connectivity index (χ3n) is 3.41. The molecule has 1 unspecified atom stereocenters. The number of phenolic OH excluding ortho intramolecular Hbond substituents is 1. The van der Waals surface area contributed by atoms with Crippen LogP contribution >= 0.6 is 11.6 Å². The van der Waals surface area contributed by atoms with E-state index in [2.05, 4.69) is 10.3 Å². The highest BCUT2D eigenvalue weighted by Crippen LogP contribution is 2.36. The van der Waals surface area contributed by atoms with Gasteiger partial charge in [0.2, 0.25) is 5.78 Å². The van der Waals surface area contributed by atoms with Crippen LogP contribution in [0.25, 0.3) is 10.9 Å². The number of benzene rings is 2. The normalized spacial score (nSPS) is 12.1. The van der Waals surface area contributed by atoms with Crippen LogP contribution in [-0.2, 0) is 0 Å². The minimum atomic E-state index is -1.51. The lowest BCUT2D eigenvalue weighted by Gasteiger charge is -2.15. The summed E-state index contributed by atoms with van der Waals surface area (Å²) >= 11 is 6.16. The number of aliphatic hydroxyl groups excluding tert-OH is 1. The minimum absolute atomic E-state index is 0.137. The number of aromatic nitrogens is 1. The smallest absolute Gasteiger partial charge is 0.211 e. The van der Waals surface area contributed by atoms with Crippen molar-refractivity contribution in [2.45, 2.75) is 6.23 Å². The number of nitrogens with zero attached hydrogens (tertiary/aromatic N) is 1. The number of fused-ring (bicyclic) bond motifs is 1. The lowest BCUT2D eigenvalue weighted by molar-refractivity contribution is 0.0793. The largest absolute Gasteiger partial charge is 0.504 e. The van der Waals surface area contributed by atoms with Gasteiger partial charge in [-0.3, -0.25) is 9.78 Å². The van der Waals surface area contributed by atoms with Crippen LogP contribution in [0.2, 0.25) is 5.02 Å². The molecule has 1 atom stereocenters. The van der Waals surface area contributed by atoms with Crippen LogP contribution in [0, 0.1) is 0 Å². The third kappa shape index (κ3) is 2.97. The Morgan fingerprint density at radius 2 is 1.91 bits per heavy atom. The molecule has 3 rings (SSSR count). The van der Waals surface area contributed by atoms with Crippen LogP contribution in [0.5, 0.6) is 5.75 Å². The van der Waals surface area contributed by atoms with Gasteiger partial charge in [-0.05, 0) is 18.2 Å². The summed E-state index contributed by atoms with van der Waals surface area (Å²) in [5.74, 6) is -0.688. The average molecular weight is 329 g/mol. The number of pyridine rings is 1. The van der Waals surface area contributed by atoms with Crippen molar-refractivity contribution in [1.82, 2.24) is 4.98 Å². The highest BCUT2D eigenvalue weighted by molar-refractivity contribution is 6.36. The number of ketones is 1. The number of nitrogens with one attached hydrogen (secondary N) is 1. The average Bonchev–Trinajstić information content (AvgIpc) is 2.59. The molecule has 6 heteroatoms. The molecule has 0 aliphatic heterocycles. The summed E-state index contributed by atoms with van der Waals surface area (Å²) in [6.07, 6.45) is 0.00814. The molecule has 116 valence electrons. The molecule has 2 aromatic carbocycles. The van der Waals surface area contributed by atoms with Gasteiger partial charge in [-0.25, -0.2) is 0 Å². The number of anilines is 1. The number of rotatable bonds is 4. The minimum Gasteiger partial charge on any atom is -0.504 e. The summed E-state index contributed by atoms with van der Waals surface area (Å²) in [4.78, 5) is 16.2. The van der Waals surface area contributed by atoms with Gasteiger partial charge in [0.05, 0.1) is 10.7 Å². The molecule has 1 heterocycles. The Bertz CT molecular complexity index is 868. The highest BCUT2D eigenvalue weighted by Gasteiger charge is 2.20. The lowest BCUT2D eigenvalue weighted by Crippen LogP contribution is -2.29. The number of carbonyl (C=O) groups is 1. The Morgan fingerprint density at radius 1 is 1.17 bits per heavy atom. The fourth-order valence-corrected chi connectivity index (χ4v) is 2.53. The van der Waals surface area contributed by atoms with Crippen molar-refractivity contribution in [3.63, 3.8) is 0 Å². The zero-order chi connectivity index (χ0) is 16.4. The second kappa shape index (κ2) is 6.24. The molecule has 0 saturated carbocycles. The maximum Gasteiger partial charge on any atom is 0.211 e. The standard InChI is InChI=1S/C17H13ClN2O3/c18-12-9-13(16(22)14-11(12)7-4-8-19-14)20-17(23)15(21)10-5-2-1-3-6-10/h1-9,17,20,22-23H. The lowest BCUT2D eigenvalue weighted by atomic mass is 10.1. The number of carbonyl (C=O) groups excluding carboxylic acids is 1. The van der Waals surface area contributed by atoms with Crippen molar-refractivity contribution >= 4 is 34.0 Å². The number of Topliss-reactive ketones (excluding diaryl/α,β-unsaturated/α-hetero) is 1. The van der Waals surface area contributed by atoms with E-state index in [1.54, 1.807) is 42.5 Å². The van der Waals surface area contributed by atoms with Crippen LogP contribution < -0.4 is 5.32 Å². The number of phenols is 1. The van der Waals surface area contributed by atoms with Crippen molar-refractivity contribution in [3.05, 3.63) is 65.3 Å². The van der Waals surface area contributed by atoms with Gasteiger partial charge >= 0.3 is 0 Å². The molecule has 1 aromatic heterocycles. The Hall–Kier alpha value is -2.63. The van der Waals surface area contributed by atoms with E-state index in [-0.39, 0.29) is 11.4 Å². The van der Waals surface area contributed by atoms with Crippen LogP contribution in [0.3, 0.4) is 0 Å². The van der Waals surface area contributed by atoms with Crippen LogP contribution in [-0.4, -0.2) is 27.2 Å². The van der Waals surface area contributed by atoms with E-state index in [0.717, 1.165) is 0 Å². The maximum absolute atomic E-state index is 12.2. The molecule has 0 aliphatic carbocycles. The molecule has 0 radical (unpaired) electrons. The van der Waals surface area contributed by atoms with E-state index < -0.39 is 12.0 Å². The van der Waals surface area contributed by atoms with E-state index in [1.807, 2.05) is 0 Å². The van der Waals surface area contributed by atoms with Gasteiger partial charge in [-0.1, -0.05) is 41.9 Å². The Morgan fingerprint density at radius 3 is 2.65 bits per heavy atom. The highest BCUT2D eigenvalue weighted by atomic mass is 35.5. The van der Waals surface area contributed by atoms with Gasteiger partial charge in [0.25, 0.3) is 0 Å². The molecule has 23 heavy (non-hydrogen) atoms. The monoisotopic (exact) mass is 328 g/mol. The van der Waals surface area contributed by atoms with Crippen LogP contribution in [0.1, 0.15) is 10.4 Å². The summed E-state index contributed by atoms with van der Waals surface area (Å²) < 4.78 is 0. The molecule has 0 spiro atoms. The molecular formula is C17H13ClN2O3. The molecule has 3 aromatic rings. The number of hydrogen-bond donors (Lipinski definition) is 3. The quantitative estimate of drug-likeness (QED) is 0.389. The van der Waals surface area contributed by atoms with Gasteiger partial charge in [-0.15, -0.1) is 0 Å². The first-order valence-corrected chi connectivity index (χ1v) is 7.26. The zero-order valence-corrected chi connectivity index (χ0v) is 12.7. The summed E-state index contributed by atoms with van der Waals surface area (Å²) in [6, 6.07) is 13.3. The molecule has 0 bridgehead atoms. The maximum atomic E-state index is 12.2. The summed E-state index contributed by atoms with van der Waals surface area (Å²) in [6.45, 7) is 0. The predicted molar refractivity (Wildman–Crippen MR) is 88.8 cm³/mol. The number of aliphatic hydroxyl groups is 1. The number of aromatic hydroxyl groups is 1. The fraction of sp³-hybridized carbons (Fsp3) is 0.0588. The van der Waals surface area contributed by atoms with Crippen molar-refractivity contribution in [2.75, 3.05) is 5.32 Å². The number of hydrogen-bond acceptors (Lipinski definition) is 5. The second-order valence-electron chi connectivity index (χ2n) is 4.93. The van der Waals surface area contributed by atoms with Crippen molar-refractivity contribution in [2.24, 2.45) is 0 Å². The predicted octanol–water partition coefficient (Wildman–Crippen LogP) is 3.21. The van der Waals surface area contributed by atoms with E-state index >= 15 is 0 Å². The summed E-state index contributed by atoms with van der Waals surface area (Å²) in [5, 5.41) is 23.9. The molecular weight excluding hydrogens is 316 g/mol. The van der Waals surface area contributed by atoms with Gasteiger partial charge in [-0.2, -0.15) is 0 Å². The number of halogens is 1. The summed E-state index contributed by atoms with van der Waals surface area (Å²) in [7, 11) is 0. The van der Waals surface area contributed by atoms with E-state index in [9.17, 15) is 15.0 Å². The second-order valence-corrected chi connectivity index (χ2v) is 5.34. The van der Waals surface area contributed by atoms with Crippen LogP contribution in [0.4, 0.5) is 5.69 Å². The third-order valence-corrected chi connectivity index (χ3v) is 3.73. The molecule has 3 N–H and O–H groups in total. The molecule has 5 nitrogen and oxygen atoms in total. The van der Waals surface area contributed by atoms with Gasteiger partial charge in [0.1, 0.15) is 5.52 Å². The first-order chi connectivity index (χ1) is 11.1. The van der Waals surface area contributed by atoms with Crippen LogP contribution in [0.15, 0.2) is 54.7 Å². The van der Waals surface area contributed by atoms with Crippen molar-refractivity contribution in [3.8, 4) is 5.75 Å². The van der Waals surface area contributed by atoms with E-state index in [0.29, 0.717) is 21.5 Å². The Balaban J connectivity index is 1.92. The summed E-state index contributed by atoms with van der Waals surface area (Å²) in [5.41, 5.74) is 0.789. The van der Waals surface area contributed by atoms with E-state index in [1.165, 1.54) is 12.3 Å².